The molecule has 3 N–H and O–H groups in total. The molecule has 0 saturated heterocycles. The Morgan fingerprint density at radius 1 is 1.18 bits per heavy atom. The second kappa shape index (κ2) is 9.81. The fourth-order valence-electron chi connectivity index (χ4n) is 3.29. The Morgan fingerprint density at radius 2 is 1.88 bits per heavy atom. The van der Waals surface area contributed by atoms with Crippen molar-refractivity contribution in [2.24, 2.45) is 0 Å². The number of carbonyl (C=O) groups excluding carboxylic acids is 1. The highest BCUT2D eigenvalue weighted by atomic mass is 32.2. The van der Waals surface area contributed by atoms with Crippen LogP contribution in [0.4, 0.5) is 17.2 Å². The smallest absolute Gasteiger partial charge is 0.277 e. The Bertz CT molecular complexity index is 1360. The molecule has 3 rings (SSSR count). The highest BCUT2D eigenvalue weighted by Crippen LogP contribution is 2.39. The summed E-state index contributed by atoms with van der Waals surface area (Å²) in [5.74, 6) is -0.592. The van der Waals surface area contributed by atoms with Crippen LogP contribution in [0.1, 0.15) is 22.3 Å². The van der Waals surface area contributed by atoms with Gasteiger partial charge in [-0.25, -0.2) is 4.98 Å². The van der Waals surface area contributed by atoms with Crippen LogP contribution in [-0.4, -0.2) is 21.6 Å². The molecule has 33 heavy (non-hydrogen) atoms. The number of nitriles is 2. The third-order valence-electron chi connectivity index (χ3n) is 4.78. The number of nitrogens with zero attached hydrogens (tertiary/aromatic N) is 4. The van der Waals surface area contributed by atoms with Crippen LogP contribution in [0.25, 0.3) is 11.1 Å². The van der Waals surface area contributed by atoms with Crippen LogP contribution in [0.5, 0.6) is 0 Å². The van der Waals surface area contributed by atoms with Gasteiger partial charge in [0.25, 0.3) is 5.69 Å². The molecule has 0 atom stereocenters. The molecule has 9 nitrogen and oxygen atoms in total. The topological polar surface area (TPSA) is 159 Å². The summed E-state index contributed by atoms with van der Waals surface area (Å²) in [6.07, 6.45) is 0. The lowest BCUT2D eigenvalue weighted by Gasteiger charge is -2.13. The lowest BCUT2D eigenvalue weighted by atomic mass is 9.95. The number of pyridine rings is 1. The molecule has 0 unspecified atom stereocenters. The van der Waals surface area contributed by atoms with E-state index in [9.17, 15) is 25.4 Å². The minimum Gasteiger partial charge on any atom is -0.383 e. The minimum atomic E-state index is -0.599. The highest BCUT2D eigenvalue weighted by Gasteiger charge is 2.26. The van der Waals surface area contributed by atoms with E-state index >= 15 is 0 Å². The van der Waals surface area contributed by atoms with E-state index in [0.29, 0.717) is 5.69 Å². The first-order valence-electron chi connectivity index (χ1n) is 9.64. The quantitative estimate of drug-likeness (QED) is 0.314. The van der Waals surface area contributed by atoms with E-state index in [1.165, 1.54) is 18.2 Å². The van der Waals surface area contributed by atoms with E-state index < -0.39 is 4.92 Å². The second-order valence-electron chi connectivity index (χ2n) is 7.08. The lowest BCUT2D eigenvalue weighted by molar-refractivity contribution is -0.384. The minimum absolute atomic E-state index is 0.0251. The van der Waals surface area contributed by atoms with Crippen molar-refractivity contribution in [3.63, 3.8) is 0 Å². The van der Waals surface area contributed by atoms with E-state index in [0.717, 1.165) is 22.9 Å². The molecule has 0 saturated carbocycles. The average Bonchev–Trinajstić information content (AvgIpc) is 2.79. The van der Waals surface area contributed by atoms with E-state index in [4.69, 9.17) is 5.73 Å². The van der Waals surface area contributed by atoms with Crippen LogP contribution in [0.2, 0.25) is 0 Å². The first kappa shape index (κ1) is 23.3. The van der Waals surface area contributed by atoms with Gasteiger partial charge in [0.1, 0.15) is 28.5 Å². The molecule has 0 spiro atoms. The molecule has 1 heterocycles. The van der Waals surface area contributed by atoms with Gasteiger partial charge >= 0.3 is 0 Å². The van der Waals surface area contributed by atoms with Crippen molar-refractivity contribution in [2.75, 3.05) is 16.8 Å². The van der Waals surface area contributed by atoms with Crippen LogP contribution >= 0.6 is 11.8 Å². The second-order valence-corrected chi connectivity index (χ2v) is 8.04. The van der Waals surface area contributed by atoms with Gasteiger partial charge in [0, 0.05) is 17.3 Å². The number of amides is 1. The van der Waals surface area contributed by atoms with Gasteiger partial charge in [-0.3, -0.25) is 14.9 Å². The van der Waals surface area contributed by atoms with Crippen LogP contribution in [-0.2, 0) is 4.79 Å². The van der Waals surface area contributed by atoms with Crippen LogP contribution in [0.3, 0.4) is 0 Å². The van der Waals surface area contributed by atoms with Crippen molar-refractivity contribution in [1.29, 1.82) is 10.5 Å². The summed E-state index contributed by atoms with van der Waals surface area (Å²) < 4.78 is 0. The van der Waals surface area contributed by atoms with Gasteiger partial charge in [0.05, 0.1) is 21.8 Å². The van der Waals surface area contributed by atoms with E-state index in [-0.39, 0.29) is 50.4 Å². The van der Waals surface area contributed by atoms with E-state index in [2.05, 4.69) is 10.3 Å². The fourth-order valence-corrected chi connectivity index (χ4v) is 4.09. The molecule has 0 bridgehead atoms. The van der Waals surface area contributed by atoms with Gasteiger partial charge in [0.2, 0.25) is 5.91 Å². The predicted octanol–water partition coefficient (Wildman–Crippen LogP) is 4.33. The summed E-state index contributed by atoms with van der Waals surface area (Å²) in [5.41, 5.74) is 8.23. The number of nitrogen functional groups attached to an aromatic ring is 1. The fraction of sp³-hybridized carbons (Fsp3) is 0.130. The predicted molar refractivity (Wildman–Crippen MR) is 125 cm³/mol. The Labute approximate surface area is 194 Å². The Kier molecular flexibility index (Phi) is 6.91. The monoisotopic (exact) mass is 458 g/mol. The highest BCUT2D eigenvalue weighted by molar-refractivity contribution is 8.00. The van der Waals surface area contributed by atoms with Gasteiger partial charge in [-0.1, -0.05) is 41.6 Å². The van der Waals surface area contributed by atoms with Crippen LogP contribution in [0, 0.1) is 46.6 Å². The van der Waals surface area contributed by atoms with Crippen LogP contribution < -0.4 is 11.1 Å². The van der Waals surface area contributed by atoms with Crippen molar-refractivity contribution in [1.82, 2.24) is 4.98 Å². The maximum atomic E-state index is 12.5. The number of carbonyl (C=O) groups is 1. The first-order valence-corrected chi connectivity index (χ1v) is 10.6. The van der Waals surface area contributed by atoms with Crippen LogP contribution in [0.15, 0.2) is 47.5 Å². The third-order valence-corrected chi connectivity index (χ3v) is 5.76. The number of anilines is 2. The summed E-state index contributed by atoms with van der Waals surface area (Å²) in [7, 11) is 0. The van der Waals surface area contributed by atoms with Crippen molar-refractivity contribution < 1.29 is 9.72 Å². The molecule has 0 aliphatic rings. The summed E-state index contributed by atoms with van der Waals surface area (Å²) >= 11 is 0.960. The molecule has 0 radical (unpaired) electrons. The summed E-state index contributed by atoms with van der Waals surface area (Å²) in [4.78, 5) is 27.6. The molecule has 164 valence electrons. The Hall–Kier alpha value is -4.41. The number of nitrogens with two attached hydrogens (primary N) is 1. The number of para-hydroxylation sites is 1. The summed E-state index contributed by atoms with van der Waals surface area (Å²) in [5, 5.41) is 33.9. The van der Waals surface area contributed by atoms with Gasteiger partial charge < -0.3 is 11.1 Å². The van der Waals surface area contributed by atoms with Crippen molar-refractivity contribution in [3.8, 4) is 23.3 Å². The molecule has 10 heteroatoms. The molecule has 2 aromatic carbocycles. The molecule has 1 aromatic heterocycles. The number of thioether (sulfide) groups is 1. The maximum absolute atomic E-state index is 12.5. The number of nitro groups is 1. The molecular formula is C23H18N6O3S. The van der Waals surface area contributed by atoms with Gasteiger partial charge in [0.15, 0.2) is 0 Å². The number of rotatable bonds is 6. The number of aryl methyl sites for hydroxylation is 2. The average molecular weight is 459 g/mol. The molecule has 0 fully saturated rings. The van der Waals surface area contributed by atoms with E-state index in [1.54, 1.807) is 12.1 Å². The zero-order valence-corrected chi connectivity index (χ0v) is 18.6. The first-order chi connectivity index (χ1) is 15.8. The number of nitro benzene ring substituents is 1. The lowest BCUT2D eigenvalue weighted by Crippen LogP contribution is -2.15. The largest absolute Gasteiger partial charge is 0.383 e. The zero-order valence-electron chi connectivity index (χ0n) is 17.7. The van der Waals surface area contributed by atoms with Gasteiger partial charge in [-0.2, -0.15) is 10.5 Å². The Morgan fingerprint density at radius 3 is 2.52 bits per heavy atom. The molecule has 1 amide bonds. The molecule has 0 aliphatic carbocycles. The summed E-state index contributed by atoms with van der Waals surface area (Å²) in [6.45, 7) is 3.83. The van der Waals surface area contributed by atoms with Crippen molar-refractivity contribution in [2.45, 2.75) is 18.9 Å². The SMILES string of the molecule is Cc1ccc(NC(=O)CSc2nc(N)c(C#N)c(-c3ccccc3[N+](=O)[O-])c2C#N)c(C)c1. The van der Waals surface area contributed by atoms with Gasteiger partial charge in [-0.05, 0) is 31.5 Å². The number of benzene rings is 2. The van der Waals surface area contributed by atoms with E-state index in [1.807, 2.05) is 38.1 Å². The molecular weight excluding hydrogens is 440 g/mol. The number of nitrogens with one attached hydrogen (secondary N) is 1. The third kappa shape index (κ3) is 4.92. The molecule has 0 aliphatic heterocycles. The number of aromatic nitrogens is 1. The maximum Gasteiger partial charge on any atom is 0.277 e. The number of hydrogen-bond donors (Lipinski definition) is 2. The molecule has 3 aromatic rings. The van der Waals surface area contributed by atoms with Gasteiger partial charge in [-0.15, -0.1) is 0 Å². The number of hydrogen-bond acceptors (Lipinski definition) is 8. The van der Waals surface area contributed by atoms with Crippen molar-refractivity contribution >= 4 is 34.9 Å². The standard InChI is InChI=1S/C23H18N6O3S/c1-13-7-8-18(14(2)9-13)27-20(30)12-33-23-17(11-25)21(16(10-24)22(26)28-23)15-5-3-4-6-19(15)29(31)32/h3-9H,12H2,1-2H3,(H2,26,28)(H,27,30). The summed E-state index contributed by atoms with van der Waals surface area (Å²) in [6, 6.07) is 15.3. The van der Waals surface area contributed by atoms with Crippen molar-refractivity contribution in [3.05, 3.63) is 74.8 Å². The Balaban J connectivity index is 1.99. The normalized spacial score (nSPS) is 10.2. The zero-order chi connectivity index (χ0) is 24.1.